The van der Waals surface area contributed by atoms with Gasteiger partial charge in [0, 0.05) is 11.5 Å². The van der Waals surface area contributed by atoms with Gasteiger partial charge in [-0.2, -0.15) is 0 Å². The van der Waals surface area contributed by atoms with E-state index in [-0.39, 0.29) is 41.1 Å². The first-order chi connectivity index (χ1) is 24.6. The zero-order chi connectivity index (χ0) is 35.3. The number of fused-ring (bicyclic) bond motifs is 5. The van der Waals surface area contributed by atoms with E-state index in [1.165, 1.54) is 23.1 Å². The van der Waals surface area contributed by atoms with Crippen molar-refractivity contribution in [2.24, 2.45) is 29.1 Å². The van der Waals surface area contributed by atoms with Crippen molar-refractivity contribution in [3.63, 3.8) is 0 Å². The van der Waals surface area contributed by atoms with Gasteiger partial charge in [0.25, 0.3) is 0 Å². The van der Waals surface area contributed by atoms with Crippen LogP contribution in [0.25, 0.3) is 22.6 Å². The summed E-state index contributed by atoms with van der Waals surface area (Å²) >= 11 is 6.09. The molecular weight excluding hydrogens is 673 g/mol. The second kappa shape index (κ2) is 11.2. The number of carbonyl (C=O) groups is 4. The summed E-state index contributed by atoms with van der Waals surface area (Å²) in [6, 6.07) is 24.6. The molecule has 0 radical (unpaired) electrons. The third-order valence-electron chi connectivity index (χ3n) is 11.3. The molecule has 9 nitrogen and oxygen atoms in total. The highest BCUT2D eigenvalue weighted by molar-refractivity contribution is 6.32. The normalized spacial score (nSPS) is 27.1. The van der Waals surface area contributed by atoms with Crippen molar-refractivity contribution in [3.05, 3.63) is 119 Å². The molecule has 2 aliphatic carbocycles. The number of hydrogen-bond donors (Lipinski definition) is 1. The molecule has 3 fully saturated rings. The molecule has 11 heteroatoms. The molecule has 254 valence electrons. The minimum Gasteiger partial charge on any atom is -0.508 e. The SMILES string of the molecule is CC12C(=O)N(c3ccc(F)c(Cl)c3)C(=O)C1CC1C(=CCC3C(=O)N(c4ccc(-c5nc6ccccc6o5)cc4)C(=O)C31)C2c1cccc(O)c1. The molecule has 1 N–H and O–H groups in total. The molecule has 1 aromatic heterocycles. The van der Waals surface area contributed by atoms with Crippen LogP contribution in [-0.4, -0.2) is 33.7 Å². The lowest BCUT2D eigenvalue weighted by molar-refractivity contribution is -0.131. The quantitative estimate of drug-likeness (QED) is 0.153. The minimum atomic E-state index is -1.31. The Bertz CT molecular complexity index is 2340. The third kappa shape index (κ3) is 4.48. The summed E-state index contributed by atoms with van der Waals surface area (Å²) < 4.78 is 20.0. The Kier molecular flexibility index (Phi) is 6.89. The van der Waals surface area contributed by atoms with Crippen molar-refractivity contribution < 1.29 is 33.1 Å². The molecule has 51 heavy (non-hydrogen) atoms. The number of halogens is 2. The number of para-hydroxylation sites is 2. The van der Waals surface area contributed by atoms with E-state index in [0.717, 1.165) is 16.5 Å². The maximum Gasteiger partial charge on any atom is 0.241 e. The van der Waals surface area contributed by atoms with Crippen LogP contribution in [0.5, 0.6) is 5.75 Å². The van der Waals surface area contributed by atoms with Gasteiger partial charge in [0.15, 0.2) is 5.58 Å². The van der Waals surface area contributed by atoms with Crippen LogP contribution < -0.4 is 9.80 Å². The summed E-state index contributed by atoms with van der Waals surface area (Å²) in [6.07, 6.45) is 2.37. The van der Waals surface area contributed by atoms with Crippen LogP contribution in [0.15, 0.2) is 107 Å². The Morgan fingerprint density at radius 3 is 2.37 bits per heavy atom. The summed E-state index contributed by atoms with van der Waals surface area (Å²) in [6.45, 7) is 1.74. The smallest absolute Gasteiger partial charge is 0.241 e. The maximum atomic E-state index is 14.5. The number of benzene rings is 4. The predicted molar refractivity (Wildman–Crippen MR) is 186 cm³/mol. The van der Waals surface area contributed by atoms with Crippen molar-refractivity contribution in [2.75, 3.05) is 9.80 Å². The van der Waals surface area contributed by atoms with Crippen LogP contribution in [0.1, 0.15) is 31.2 Å². The number of nitrogens with zero attached hydrogens (tertiary/aromatic N) is 3. The Morgan fingerprint density at radius 2 is 1.63 bits per heavy atom. The topological polar surface area (TPSA) is 121 Å². The van der Waals surface area contributed by atoms with Crippen molar-refractivity contribution in [3.8, 4) is 17.2 Å². The standard InChI is InChI=1S/C40H29ClFN3O6/c1-40-28(37(48)45(39(40)50)23-13-16-30(42)29(41)18-23)19-27-25(34(40)21-5-4-6-24(46)17-21)14-15-26-33(27)38(49)44(36(26)47)22-11-9-20(10-12-22)35-43-31-7-2-3-8-32(31)51-35/h2-14,16-18,26-28,33-34,46H,15,19H2,1H3. The predicted octanol–water partition coefficient (Wildman–Crippen LogP) is 7.43. The summed E-state index contributed by atoms with van der Waals surface area (Å²) in [5.41, 5.74) is 2.70. The van der Waals surface area contributed by atoms with E-state index in [9.17, 15) is 28.7 Å². The molecule has 5 aromatic rings. The summed E-state index contributed by atoms with van der Waals surface area (Å²) in [7, 11) is 0. The lowest BCUT2D eigenvalue weighted by Gasteiger charge is -2.49. The largest absolute Gasteiger partial charge is 0.508 e. The highest BCUT2D eigenvalue weighted by Crippen LogP contribution is 2.64. The molecule has 2 saturated heterocycles. The Hall–Kier alpha value is -5.61. The molecule has 1 saturated carbocycles. The number of aromatic nitrogens is 1. The van der Waals surface area contributed by atoms with E-state index >= 15 is 0 Å². The van der Waals surface area contributed by atoms with Gasteiger partial charge in [0.1, 0.15) is 17.1 Å². The molecule has 4 aromatic carbocycles. The molecule has 6 atom stereocenters. The number of oxazole rings is 1. The molecule has 6 unspecified atom stereocenters. The zero-order valence-electron chi connectivity index (χ0n) is 27.1. The molecule has 3 heterocycles. The van der Waals surface area contributed by atoms with Crippen LogP contribution in [0.4, 0.5) is 15.8 Å². The van der Waals surface area contributed by atoms with E-state index in [0.29, 0.717) is 33.8 Å². The minimum absolute atomic E-state index is 0.0115. The van der Waals surface area contributed by atoms with Gasteiger partial charge < -0.3 is 9.52 Å². The number of phenolic OH excluding ortho intramolecular Hbond substituents is 1. The fourth-order valence-electron chi connectivity index (χ4n) is 8.97. The summed E-state index contributed by atoms with van der Waals surface area (Å²) in [4.78, 5) is 64.2. The number of aromatic hydroxyl groups is 1. The van der Waals surface area contributed by atoms with E-state index in [4.69, 9.17) is 16.0 Å². The zero-order valence-corrected chi connectivity index (χ0v) is 27.9. The van der Waals surface area contributed by atoms with Gasteiger partial charge >= 0.3 is 0 Å². The average molecular weight is 702 g/mol. The summed E-state index contributed by atoms with van der Waals surface area (Å²) in [5.74, 6) is -5.48. The molecular formula is C40H29ClFN3O6. The second-order valence-corrected chi connectivity index (χ2v) is 14.3. The number of carbonyl (C=O) groups excluding carboxylic acids is 4. The first kappa shape index (κ1) is 31.4. The van der Waals surface area contributed by atoms with E-state index in [1.807, 2.05) is 30.3 Å². The van der Waals surface area contributed by atoms with Gasteiger partial charge in [-0.3, -0.25) is 24.1 Å². The number of allylic oxidation sites excluding steroid dienone is 2. The monoisotopic (exact) mass is 701 g/mol. The molecule has 9 rings (SSSR count). The van der Waals surface area contributed by atoms with Gasteiger partial charge in [-0.05, 0) is 98.0 Å². The lowest BCUT2D eigenvalue weighted by atomic mass is 9.51. The van der Waals surface area contributed by atoms with Crippen LogP contribution in [0, 0.1) is 34.9 Å². The van der Waals surface area contributed by atoms with E-state index < -0.39 is 52.6 Å². The number of anilines is 2. The Balaban J connectivity index is 1.09. The molecule has 0 spiro atoms. The number of amides is 4. The van der Waals surface area contributed by atoms with Crippen LogP contribution in [0.2, 0.25) is 5.02 Å². The van der Waals surface area contributed by atoms with Crippen molar-refractivity contribution in [1.82, 2.24) is 4.98 Å². The molecule has 4 aliphatic rings. The van der Waals surface area contributed by atoms with E-state index in [2.05, 4.69) is 4.98 Å². The average Bonchev–Trinajstić information content (AvgIpc) is 3.73. The Morgan fingerprint density at radius 1 is 0.863 bits per heavy atom. The lowest BCUT2D eigenvalue weighted by Crippen LogP contribution is -2.48. The van der Waals surface area contributed by atoms with Crippen LogP contribution >= 0.6 is 11.6 Å². The second-order valence-electron chi connectivity index (χ2n) is 13.9. The van der Waals surface area contributed by atoms with Gasteiger partial charge in [0.2, 0.25) is 29.5 Å². The van der Waals surface area contributed by atoms with E-state index in [1.54, 1.807) is 49.4 Å². The number of rotatable bonds is 4. The van der Waals surface area contributed by atoms with Gasteiger partial charge in [-0.1, -0.05) is 47.5 Å². The van der Waals surface area contributed by atoms with Gasteiger partial charge in [-0.15, -0.1) is 0 Å². The third-order valence-corrected chi connectivity index (χ3v) is 11.6. The van der Waals surface area contributed by atoms with Crippen LogP contribution in [0.3, 0.4) is 0 Å². The number of imide groups is 2. The molecule has 4 amide bonds. The number of hydrogen-bond acceptors (Lipinski definition) is 7. The fourth-order valence-corrected chi connectivity index (χ4v) is 9.15. The van der Waals surface area contributed by atoms with Crippen molar-refractivity contribution >= 4 is 57.7 Å². The maximum absolute atomic E-state index is 14.5. The summed E-state index contributed by atoms with van der Waals surface area (Å²) in [5, 5.41) is 10.3. The highest BCUT2D eigenvalue weighted by atomic mass is 35.5. The van der Waals surface area contributed by atoms with Crippen LogP contribution in [-0.2, 0) is 19.2 Å². The van der Waals surface area contributed by atoms with Gasteiger partial charge in [-0.25, -0.2) is 14.3 Å². The highest BCUT2D eigenvalue weighted by Gasteiger charge is 2.67. The molecule has 2 aliphatic heterocycles. The Labute approximate surface area is 295 Å². The first-order valence-corrected chi connectivity index (χ1v) is 17.1. The van der Waals surface area contributed by atoms with Gasteiger partial charge in [0.05, 0.1) is 39.6 Å². The molecule has 0 bridgehead atoms. The first-order valence-electron chi connectivity index (χ1n) is 16.7. The number of phenols is 1. The van der Waals surface area contributed by atoms with Crippen molar-refractivity contribution in [1.29, 1.82) is 0 Å². The fraction of sp³-hybridized carbons (Fsp3) is 0.225. The van der Waals surface area contributed by atoms with Crippen molar-refractivity contribution in [2.45, 2.75) is 25.7 Å².